The Hall–Kier alpha value is -2.10. The Kier molecular flexibility index (Phi) is 5.41. The molecule has 1 aromatic carbocycles. The average Bonchev–Trinajstić information content (AvgIpc) is 2.43. The summed E-state index contributed by atoms with van der Waals surface area (Å²) in [5, 5.41) is 0. The largest absolute Gasteiger partial charge is 0.465 e. The van der Waals surface area contributed by atoms with Crippen LogP contribution in [-0.4, -0.2) is 40.3 Å². The lowest BCUT2D eigenvalue weighted by Gasteiger charge is -2.17. The smallest absolute Gasteiger partial charge is 0.417 e. The van der Waals surface area contributed by atoms with Gasteiger partial charge in [-0.05, 0) is 19.1 Å². The summed E-state index contributed by atoms with van der Waals surface area (Å²) < 4.78 is 72.0. The number of carbonyl (C=O) groups is 2. The molecule has 0 fully saturated rings. The van der Waals surface area contributed by atoms with Crippen molar-refractivity contribution in [3.8, 4) is 0 Å². The molecule has 23 heavy (non-hydrogen) atoms. The number of methoxy groups -OCH3 is 1. The number of sulfone groups is 1. The van der Waals surface area contributed by atoms with Crippen molar-refractivity contribution in [1.29, 1.82) is 0 Å². The highest BCUT2D eigenvalue weighted by Gasteiger charge is 2.40. The van der Waals surface area contributed by atoms with Crippen LogP contribution in [-0.2, 0) is 25.5 Å². The maximum atomic E-state index is 13.1. The number of esters is 2. The Morgan fingerprint density at radius 1 is 1.17 bits per heavy atom. The summed E-state index contributed by atoms with van der Waals surface area (Å²) in [6.45, 7) is 1.07. The molecular weight excluding hydrogens is 341 g/mol. The van der Waals surface area contributed by atoms with E-state index in [-0.39, 0.29) is 6.61 Å². The Bertz CT molecular complexity index is 737. The van der Waals surface area contributed by atoms with Crippen molar-refractivity contribution in [2.24, 2.45) is 0 Å². The van der Waals surface area contributed by atoms with Gasteiger partial charge in [-0.2, -0.15) is 13.2 Å². The maximum absolute atomic E-state index is 13.1. The van der Waals surface area contributed by atoms with Crippen LogP contribution in [0.2, 0.25) is 0 Å². The lowest BCUT2D eigenvalue weighted by Crippen LogP contribution is -2.22. The summed E-state index contributed by atoms with van der Waals surface area (Å²) in [5.74, 6) is -2.68. The number of rotatable bonds is 4. The van der Waals surface area contributed by atoms with Crippen LogP contribution >= 0.6 is 0 Å². The fourth-order valence-electron chi connectivity index (χ4n) is 1.88. The summed E-state index contributed by atoms with van der Waals surface area (Å²) in [7, 11) is -3.44. The summed E-state index contributed by atoms with van der Waals surface area (Å²) in [6.07, 6.45) is -4.44. The van der Waals surface area contributed by atoms with Gasteiger partial charge < -0.3 is 9.47 Å². The Morgan fingerprint density at radius 2 is 1.74 bits per heavy atom. The summed E-state index contributed by atoms with van der Waals surface area (Å²) in [5.41, 5.74) is -3.42. The van der Waals surface area contributed by atoms with Crippen molar-refractivity contribution < 1.29 is 40.7 Å². The quantitative estimate of drug-likeness (QED) is 0.770. The first-order valence-electron chi connectivity index (χ1n) is 6.14. The van der Waals surface area contributed by atoms with Crippen LogP contribution in [0.3, 0.4) is 0 Å². The molecule has 10 heteroatoms. The van der Waals surface area contributed by atoms with Crippen molar-refractivity contribution in [1.82, 2.24) is 0 Å². The molecule has 0 aliphatic carbocycles. The van der Waals surface area contributed by atoms with Crippen molar-refractivity contribution in [2.75, 3.05) is 20.0 Å². The predicted molar refractivity (Wildman–Crippen MR) is 71.8 cm³/mol. The molecule has 1 rings (SSSR count). The lowest BCUT2D eigenvalue weighted by atomic mass is 10.0. The van der Waals surface area contributed by atoms with Crippen LogP contribution in [0.4, 0.5) is 13.2 Å². The first-order chi connectivity index (χ1) is 10.4. The summed E-state index contributed by atoms with van der Waals surface area (Å²) in [4.78, 5) is 22.5. The molecule has 0 aromatic heterocycles. The van der Waals surface area contributed by atoms with Crippen LogP contribution in [0.15, 0.2) is 17.0 Å². The lowest BCUT2D eigenvalue weighted by molar-refractivity contribution is -0.138. The third-order valence-electron chi connectivity index (χ3n) is 2.72. The third kappa shape index (κ3) is 4.01. The Labute approximate surface area is 130 Å². The van der Waals surface area contributed by atoms with E-state index < -0.39 is 49.5 Å². The molecule has 0 radical (unpaired) electrons. The second-order valence-electron chi connectivity index (χ2n) is 4.35. The van der Waals surface area contributed by atoms with Gasteiger partial charge in [0.25, 0.3) is 0 Å². The van der Waals surface area contributed by atoms with Gasteiger partial charge in [0.1, 0.15) is 0 Å². The minimum absolute atomic E-state index is 0.276. The number of benzene rings is 1. The van der Waals surface area contributed by atoms with Crippen molar-refractivity contribution >= 4 is 21.8 Å². The average molecular weight is 354 g/mol. The van der Waals surface area contributed by atoms with E-state index in [4.69, 9.17) is 0 Å². The van der Waals surface area contributed by atoms with Gasteiger partial charge in [-0.25, -0.2) is 18.0 Å². The molecule has 1 aromatic rings. The van der Waals surface area contributed by atoms with Gasteiger partial charge in [-0.1, -0.05) is 0 Å². The topological polar surface area (TPSA) is 86.7 Å². The number of ether oxygens (including phenoxy) is 2. The standard InChI is InChI=1S/C13H13F3O6S/c1-4-22-12(18)9-8(13(14,15)16)6-5-7(11(17)21-2)10(9)23(3,19)20/h5-6H,4H2,1-3H3. The number of halogens is 3. The fourth-order valence-corrected chi connectivity index (χ4v) is 3.00. The summed E-state index contributed by atoms with van der Waals surface area (Å²) in [6, 6.07) is 1.08. The van der Waals surface area contributed by atoms with Gasteiger partial charge in [0.2, 0.25) is 0 Å². The second-order valence-corrected chi connectivity index (χ2v) is 6.30. The highest BCUT2D eigenvalue weighted by atomic mass is 32.2. The monoisotopic (exact) mass is 354 g/mol. The molecule has 0 aliphatic heterocycles. The van der Waals surface area contributed by atoms with Gasteiger partial charge in [-0.3, -0.25) is 0 Å². The number of hydrogen-bond acceptors (Lipinski definition) is 6. The molecule has 0 heterocycles. The van der Waals surface area contributed by atoms with E-state index in [1.165, 1.54) is 6.92 Å². The van der Waals surface area contributed by atoms with Crippen LogP contribution in [0, 0.1) is 0 Å². The highest BCUT2D eigenvalue weighted by Crippen LogP contribution is 2.37. The van der Waals surface area contributed by atoms with E-state index >= 15 is 0 Å². The number of hydrogen-bond donors (Lipinski definition) is 0. The van der Waals surface area contributed by atoms with Crippen LogP contribution in [0.5, 0.6) is 0 Å². The summed E-state index contributed by atoms with van der Waals surface area (Å²) >= 11 is 0. The van der Waals surface area contributed by atoms with E-state index in [0.717, 1.165) is 7.11 Å². The Morgan fingerprint density at radius 3 is 2.13 bits per heavy atom. The van der Waals surface area contributed by atoms with Gasteiger partial charge in [0.05, 0.1) is 35.3 Å². The minimum Gasteiger partial charge on any atom is -0.465 e. The van der Waals surface area contributed by atoms with Gasteiger partial charge in [0, 0.05) is 6.26 Å². The second kappa shape index (κ2) is 6.57. The van der Waals surface area contributed by atoms with E-state index in [0.29, 0.717) is 18.4 Å². The van der Waals surface area contributed by atoms with Gasteiger partial charge in [0.15, 0.2) is 9.84 Å². The third-order valence-corrected chi connectivity index (χ3v) is 3.88. The molecule has 0 bridgehead atoms. The van der Waals surface area contributed by atoms with Crippen molar-refractivity contribution in [2.45, 2.75) is 18.0 Å². The molecule has 0 spiro atoms. The molecular formula is C13H13F3O6S. The zero-order valence-corrected chi connectivity index (χ0v) is 13.2. The number of alkyl halides is 3. The van der Waals surface area contributed by atoms with Gasteiger partial charge >= 0.3 is 18.1 Å². The first-order valence-corrected chi connectivity index (χ1v) is 8.04. The first kappa shape index (κ1) is 18.9. The van der Waals surface area contributed by atoms with E-state index in [1.54, 1.807) is 0 Å². The fraction of sp³-hybridized carbons (Fsp3) is 0.385. The molecule has 0 aliphatic rings. The minimum atomic E-state index is -5.02. The molecule has 6 nitrogen and oxygen atoms in total. The van der Waals surface area contributed by atoms with E-state index in [2.05, 4.69) is 9.47 Å². The molecule has 0 unspecified atom stereocenters. The zero-order valence-electron chi connectivity index (χ0n) is 12.4. The molecule has 0 amide bonds. The van der Waals surface area contributed by atoms with Gasteiger partial charge in [-0.15, -0.1) is 0 Å². The molecule has 0 atom stereocenters. The van der Waals surface area contributed by atoms with E-state index in [9.17, 15) is 31.2 Å². The zero-order chi connectivity index (χ0) is 18.0. The van der Waals surface area contributed by atoms with Crippen LogP contribution in [0.1, 0.15) is 33.2 Å². The highest BCUT2D eigenvalue weighted by molar-refractivity contribution is 7.90. The normalized spacial score (nSPS) is 11.9. The van der Waals surface area contributed by atoms with Crippen LogP contribution in [0.25, 0.3) is 0 Å². The van der Waals surface area contributed by atoms with Crippen LogP contribution < -0.4 is 0 Å². The Balaban J connectivity index is 3.96. The van der Waals surface area contributed by atoms with Crippen molar-refractivity contribution in [3.05, 3.63) is 28.8 Å². The molecule has 128 valence electrons. The predicted octanol–water partition coefficient (Wildman–Crippen LogP) is 2.07. The SMILES string of the molecule is CCOC(=O)c1c(C(F)(F)F)ccc(C(=O)OC)c1S(C)(=O)=O. The molecule has 0 saturated heterocycles. The maximum Gasteiger partial charge on any atom is 0.417 e. The van der Waals surface area contributed by atoms with E-state index in [1.807, 2.05) is 0 Å². The number of carbonyl (C=O) groups excluding carboxylic acids is 2. The molecule has 0 saturated carbocycles. The molecule has 0 N–H and O–H groups in total. The van der Waals surface area contributed by atoms with Crippen molar-refractivity contribution in [3.63, 3.8) is 0 Å².